The van der Waals surface area contributed by atoms with Crippen LogP contribution in [0.2, 0.25) is 0 Å². The first-order valence-corrected chi connectivity index (χ1v) is 6.50. The number of likely N-dealkylation sites (tertiary alicyclic amines) is 1. The van der Waals surface area contributed by atoms with E-state index >= 15 is 0 Å². The van der Waals surface area contributed by atoms with Gasteiger partial charge in [0, 0.05) is 19.0 Å². The van der Waals surface area contributed by atoms with Crippen LogP contribution in [0.25, 0.3) is 0 Å². The number of amides is 1. The zero-order chi connectivity index (χ0) is 13.6. The summed E-state index contributed by atoms with van der Waals surface area (Å²) in [4.78, 5) is 13.6. The molecule has 0 aromatic carbocycles. The first-order chi connectivity index (χ1) is 8.42. The van der Waals surface area contributed by atoms with E-state index in [0.717, 1.165) is 32.4 Å². The normalized spacial score (nSPS) is 21.9. The van der Waals surface area contributed by atoms with Crippen molar-refractivity contribution in [3.05, 3.63) is 0 Å². The summed E-state index contributed by atoms with van der Waals surface area (Å²) in [6.45, 7) is 4.46. The average molecular weight is 266 g/mol. The lowest BCUT2D eigenvalue weighted by atomic mass is 10.0. The summed E-state index contributed by atoms with van der Waals surface area (Å²) in [5, 5.41) is 2.61. The summed E-state index contributed by atoms with van der Waals surface area (Å²) in [6.07, 6.45) is -2.47. The average Bonchev–Trinajstić information content (AvgIpc) is 2.33. The number of carbonyl (C=O) groups is 1. The molecule has 106 valence electrons. The van der Waals surface area contributed by atoms with Gasteiger partial charge < -0.3 is 5.32 Å². The Morgan fingerprint density at radius 1 is 1.39 bits per heavy atom. The lowest BCUT2D eigenvalue weighted by molar-refractivity contribution is -0.144. The summed E-state index contributed by atoms with van der Waals surface area (Å²) in [5.41, 5.74) is 0. The van der Waals surface area contributed by atoms with Crippen molar-refractivity contribution >= 4 is 5.91 Å². The molecule has 1 rings (SSSR count). The van der Waals surface area contributed by atoms with E-state index in [1.165, 1.54) is 0 Å². The van der Waals surface area contributed by atoms with E-state index in [0.29, 0.717) is 6.54 Å². The van der Waals surface area contributed by atoms with Crippen molar-refractivity contribution in [3.63, 3.8) is 0 Å². The molecular formula is C12H21F3N2O. The summed E-state index contributed by atoms with van der Waals surface area (Å²) in [7, 11) is 0. The SMILES string of the molecule is CCN1CCCCC1CNC(=O)CCC(F)(F)F. The molecule has 18 heavy (non-hydrogen) atoms. The molecule has 0 spiro atoms. The number of hydrogen-bond acceptors (Lipinski definition) is 2. The minimum atomic E-state index is -4.25. The highest BCUT2D eigenvalue weighted by Gasteiger charge is 2.28. The molecule has 1 heterocycles. The van der Waals surface area contributed by atoms with Gasteiger partial charge in [-0.1, -0.05) is 13.3 Å². The minimum absolute atomic E-state index is 0.276. The first-order valence-electron chi connectivity index (χ1n) is 6.50. The number of piperidine rings is 1. The van der Waals surface area contributed by atoms with Crippen molar-refractivity contribution in [2.45, 2.75) is 51.2 Å². The summed E-state index contributed by atoms with van der Waals surface area (Å²) < 4.78 is 35.8. The van der Waals surface area contributed by atoms with Gasteiger partial charge in [-0.15, -0.1) is 0 Å². The van der Waals surface area contributed by atoms with Gasteiger partial charge in [0.25, 0.3) is 0 Å². The van der Waals surface area contributed by atoms with Gasteiger partial charge in [0.05, 0.1) is 6.42 Å². The smallest absolute Gasteiger partial charge is 0.355 e. The predicted octanol–water partition coefficient (Wildman–Crippen LogP) is 2.32. The standard InChI is InChI=1S/C12H21F3N2O/c1-2-17-8-4-3-5-10(17)9-16-11(18)6-7-12(13,14)15/h10H,2-9H2,1H3,(H,16,18). The van der Waals surface area contributed by atoms with Crippen LogP contribution in [0.1, 0.15) is 39.0 Å². The Bertz CT molecular complexity index is 269. The maximum atomic E-state index is 11.9. The number of halogens is 3. The Hall–Kier alpha value is -0.780. The number of nitrogens with zero attached hydrogens (tertiary/aromatic N) is 1. The minimum Gasteiger partial charge on any atom is -0.355 e. The van der Waals surface area contributed by atoms with E-state index in [1.54, 1.807) is 0 Å². The largest absolute Gasteiger partial charge is 0.389 e. The molecule has 0 bridgehead atoms. The second-order valence-electron chi connectivity index (χ2n) is 4.70. The van der Waals surface area contributed by atoms with Crippen LogP contribution >= 0.6 is 0 Å². The quantitative estimate of drug-likeness (QED) is 0.828. The lowest BCUT2D eigenvalue weighted by Gasteiger charge is -2.34. The molecule has 1 unspecified atom stereocenters. The van der Waals surface area contributed by atoms with Crippen LogP contribution in [0.15, 0.2) is 0 Å². The van der Waals surface area contributed by atoms with Gasteiger partial charge in [0.15, 0.2) is 0 Å². The fourth-order valence-corrected chi connectivity index (χ4v) is 2.28. The van der Waals surface area contributed by atoms with Crippen molar-refractivity contribution in [3.8, 4) is 0 Å². The molecule has 1 amide bonds. The van der Waals surface area contributed by atoms with Crippen LogP contribution in [-0.2, 0) is 4.79 Å². The number of carbonyl (C=O) groups excluding carboxylic acids is 1. The van der Waals surface area contributed by atoms with Gasteiger partial charge >= 0.3 is 6.18 Å². The Labute approximate surface area is 106 Å². The Kier molecular flexibility index (Phi) is 5.91. The van der Waals surface area contributed by atoms with Crippen LogP contribution in [0.4, 0.5) is 13.2 Å². The molecule has 1 aliphatic rings. The van der Waals surface area contributed by atoms with Gasteiger partial charge in [0.1, 0.15) is 0 Å². The molecule has 0 radical (unpaired) electrons. The zero-order valence-electron chi connectivity index (χ0n) is 10.7. The molecule has 1 aliphatic heterocycles. The highest BCUT2D eigenvalue weighted by molar-refractivity contribution is 5.75. The zero-order valence-corrected chi connectivity index (χ0v) is 10.7. The number of likely N-dealkylation sites (N-methyl/N-ethyl adjacent to an activating group) is 1. The Morgan fingerprint density at radius 3 is 2.72 bits per heavy atom. The second kappa shape index (κ2) is 6.97. The van der Waals surface area contributed by atoms with E-state index in [-0.39, 0.29) is 6.04 Å². The summed E-state index contributed by atoms with van der Waals surface area (Å²) in [6, 6.07) is 0.276. The molecule has 0 saturated carbocycles. The summed E-state index contributed by atoms with van der Waals surface area (Å²) in [5.74, 6) is -0.506. The number of nitrogens with one attached hydrogen (secondary N) is 1. The van der Waals surface area contributed by atoms with Crippen LogP contribution in [0, 0.1) is 0 Å². The molecule has 6 heteroatoms. The molecule has 1 fully saturated rings. The van der Waals surface area contributed by atoms with Crippen LogP contribution in [-0.4, -0.2) is 42.7 Å². The number of hydrogen-bond donors (Lipinski definition) is 1. The molecule has 0 aromatic rings. The van der Waals surface area contributed by atoms with E-state index < -0.39 is 24.9 Å². The lowest BCUT2D eigenvalue weighted by Crippen LogP contribution is -2.46. The Balaban J connectivity index is 2.24. The third-order valence-corrected chi connectivity index (χ3v) is 3.33. The van der Waals surface area contributed by atoms with Gasteiger partial charge in [-0.2, -0.15) is 13.2 Å². The van der Waals surface area contributed by atoms with Gasteiger partial charge in [-0.25, -0.2) is 0 Å². The van der Waals surface area contributed by atoms with Crippen molar-refractivity contribution in [1.29, 1.82) is 0 Å². The number of alkyl halides is 3. The molecular weight excluding hydrogens is 245 g/mol. The molecule has 1 N–H and O–H groups in total. The summed E-state index contributed by atoms with van der Waals surface area (Å²) >= 11 is 0. The van der Waals surface area contributed by atoms with Crippen molar-refractivity contribution < 1.29 is 18.0 Å². The molecule has 1 atom stereocenters. The van der Waals surface area contributed by atoms with Gasteiger partial charge in [-0.05, 0) is 25.9 Å². The van der Waals surface area contributed by atoms with E-state index in [4.69, 9.17) is 0 Å². The van der Waals surface area contributed by atoms with Crippen molar-refractivity contribution in [2.24, 2.45) is 0 Å². The maximum Gasteiger partial charge on any atom is 0.389 e. The van der Waals surface area contributed by atoms with E-state index in [1.807, 2.05) is 0 Å². The van der Waals surface area contributed by atoms with Crippen LogP contribution < -0.4 is 5.32 Å². The van der Waals surface area contributed by atoms with Crippen molar-refractivity contribution in [1.82, 2.24) is 10.2 Å². The fourth-order valence-electron chi connectivity index (χ4n) is 2.28. The van der Waals surface area contributed by atoms with Gasteiger partial charge in [0.2, 0.25) is 5.91 Å². The first kappa shape index (κ1) is 15.3. The third kappa shape index (κ3) is 5.71. The molecule has 3 nitrogen and oxygen atoms in total. The number of rotatable bonds is 5. The van der Waals surface area contributed by atoms with E-state index in [2.05, 4.69) is 17.1 Å². The molecule has 0 aromatic heterocycles. The topological polar surface area (TPSA) is 32.3 Å². The monoisotopic (exact) mass is 266 g/mol. The Morgan fingerprint density at radius 2 is 2.11 bits per heavy atom. The molecule has 1 saturated heterocycles. The predicted molar refractivity (Wildman–Crippen MR) is 63.2 cm³/mol. The third-order valence-electron chi connectivity index (χ3n) is 3.33. The fraction of sp³-hybridized carbons (Fsp3) is 0.917. The molecule has 0 aliphatic carbocycles. The van der Waals surface area contributed by atoms with Crippen LogP contribution in [0.5, 0.6) is 0 Å². The maximum absolute atomic E-state index is 11.9. The van der Waals surface area contributed by atoms with Crippen LogP contribution in [0.3, 0.4) is 0 Å². The highest BCUT2D eigenvalue weighted by Crippen LogP contribution is 2.21. The van der Waals surface area contributed by atoms with E-state index in [9.17, 15) is 18.0 Å². The van der Waals surface area contributed by atoms with Crippen molar-refractivity contribution in [2.75, 3.05) is 19.6 Å². The highest BCUT2D eigenvalue weighted by atomic mass is 19.4. The second-order valence-corrected chi connectivity index (χ2v) is 4.70. The van der Waals surface area contributed by atoms with Gasteiger partial charge in [-0.3, -0.25) is 9.69 Å².